The molecule has 9 aromatic carbocycles. The minimum atomic E-state index is -0.159. The Morgan fingerprint density at radius 2 is 1.02 bits per heavy atom. The van der Waals surface area contributed by atoms with Crippen molar-refractivity contribution in [1.82, 2.24) is 14.5 Å². The molecule has 0 bridgehead atoms. The highest BCUT2D eigenvalue weighted by Gasteiger charge is 2.37. The third-order valence-electron chi connectivity index (χ3n) is 12.5. The van der Waals surface area contributed by atoms with Crippen LogP contribution in [0.3, 0.4) is 0 Å². The summed E-state index contributed by atoms with van der Waals surface area (Å²) in [5.41, 5.74) is 15.5. The topological polar surface area (TPSA) is 30.7 Å². The summed E-state index contributed by atoms with van der Waals surface area (Å²) in [7, 11) is 0. The summed E-state index contributed by atoms with van der Waals surface area (Å²) >= 11 is 0. The van der Waals surface area contributed by atoms with E-state index >= 15 is 0 Å². The summed E-state index contributed by atoms with van der Waals surface area (Å²) in [6.45, 7) is 4.68. The van der Waals surface area contributed by atoms with Gasteiger partial charge in [-0.3, -0.25) is 4.57 Å². The highest BCUT2D eigenvalue weighted by atomic mass is 15.1. The number of aromatic nitrogens is 3. The third-order valence-corrected chi connectivity index (χ3v) is 12.5. The van der Waals surface area contributed by atoms with Crippen LogP contribution < -0.4 is 0 Å². The molecule has 2 heterocycles. The lowest BCUT2D eigenvalue weighted by atomic mass is 9.82. The van der Waals surface area contributed by atoms with E-state index in [2.05, 4.69) is 206 Å². The Morgan fingerprint density at radius 1 is 0.397 bits per heavy atom. The summed E-state index contributed by atoms with van der Waals surface area (Å²) in [6.07, 6.45) is 0. The molecule has 0 unspecified atom stereocenters. The van der Waals surface area contributed by atoms with Crippen LogP contribution in [0.25, 0.3) is 105 Å². The van der Waals surface area contributed by atoms with Gasteiger partial charge in [0.2, 0.25) is 0 Å². The molecule has 0 N–H and O–H groups in total. The maximum Gasteiger partial charge on any atom is 0.165 e. The Hall–Kier alpha value is -7.36. The zero-order valence-electron chi connectivity index (χ0n) is 32.2. The second-order valence-electron chi connectivity index (χ2n) is 16.2. The lowest BCUT2D eigenvalue weighted by molar-refractivity contribution is 0.660. The Kier molecular flexibility index (Phi) is 6.98. The first-order valence-corrected chi connectivity index (χ1v) is 20.1. The van der Waals surface area contributed by atoms with E-state index < -0.39 is 0 Å². The minimum Gasteiger partial charge on any atom is -0.292 e. The SMILES string of the molecule is CC1(C)c2ccccc2-c2c(-c3nc4cc(-c5ccccc5)ccc4nc3-n3c4cc(-c5ccc6ccccc6c5)ccc4c4cc5ccccc5cc43)cccc21. The molecule has 0 amide bonds. The fourth-order valence-corrected chi connectivity index (χ4v) is 9.62. The first kappa shape index (κ1) is 32.8. The fraction of sp³-hybridized carbons (Fsp3) is 0.0545. The van der Waals surface area contributed by atoms with Crippen LogP contribution in [0.2, 0.25) is 0 Å². The Bertz CT molecular complexity index is 3480. The van der Waals surface area contributed by atoms with Crippen LogP contribution in [-0.4, -0.2) is 14.5 Å². The first-order chi connectivity index (χ1) is 28.5. The Balaban J connectivity index is 1.20. The maximum absolute atomic E-state index is 5.69. The molecule has 0 atom stereocenters. The van der Waals surface area contributed by atoms with Gasteiger partial charge in [-0.1, -0.05) is 166 Å². The van der Waals surface area contributed by atoms with Crippen molar-refractivity contribution in [1.29, 1.82) is 0 Å². The fourth-order valence-electron chi connectivity index (χ4n) is 9.62. The molecule has 0 saturated carbocycles. The smallest absolute Gasteiger partial charge is 0.165 e. The van der Waals surface area contributed by atoms with E-state index in [1.807, 2.05) is 0 Å². The van der Waals surface area contributed by atoms with Gasteiger partial charge in [-0.25, -0.2) is 9.97 Å². The monoisotopic (exact) mass is 739 g/mol. The second kappa shape index (κ2) is 12.3. The second-order valence-corrected chi connectivity index (χ2v) is 16.2. The van der Waals surface area contributed by atoms with Crippen molar-refractivity contribution >= 4 is 54.4 Å². The van der Waals surface area contributed by atoms with Gasteiger partial charge in [0, 0.05) is 21.8 Å². The number of hydrogen-bond acceptors (Lipinski definition) is 2. The molecule has 0 fully saturated rings. The van der Waals surface area contributed by atoms with E-state index in [0.29, 0.717) is 0 Å². The van der Waals surface area contributed by atoms with Crippen LogP contribution in [0.1, 0.15) is 25.0 Å². The van der Waals surface area contributed by atoms with Crippen molar-refractivity contribution in [2.75, 3.05) is 0 Å². The van der Waals surface area contributed by atoms with Crippen LogP contribution in [0, 0.1) is 0 Å². The quantitative estimate of drug-likeness (QED) is 0.180. The molecule has 1 aliphatic carbocycles. The molecule has 12 rings (SSSR count). The first-order valence-electron chi connectivity index (χ1n) is 20.1. The number of hydrogen-bond donors (Lipinski definition) is 0. The largest absolute Gasteiger partial charge is 0.292 e. The van der Waals surface area contributed by atoms with Gasteiger partial charge in [0.05, 0.1) is 22.1 Å². The summed E-state index contributed by atoms with van der Waals surface area (Å²) < 4.78 is 2.39. The molecule has 272 valence electrons. The van der Waals surface area contributed by atoms with Crippen molar-refractivity contribution < 1.29 is 0 Å². The van der Waals surface area contributed by atoms with Crippen molar-refractivity contribution in [3.63, 3.8) is 0 Å². The van der Waals surface area contributed by atoms with E-state index in [4.69, 9.17) is 9.97 Å². The van der Waals surface area contributed by atoms with Crippen molar-refractivity contribution in [2.45, 2.75) is 19.3 Å². The predicted molar refractivity (Wildman–Crippen MR) is 243 cm³/mol. The van der Waals surface area contributed by atoms with Crippen LogP contribution in [0.4, 0.5) is 0 Å². The number of benzene rings is 9. The molecule has 58 heavy (non-hydrogen) atoms. The van der Waals surface area contributed by atoms with Gasteiger partial charge in [0.1, 0.15) is 5.69 Å². The van der Waals surface area contributed by atoms with Crippen LogP contribution in [0.5, 0.6) is 0 Å². The van der Waals surface area contributed by atoms with E-state index in [-0.39, 0.29) is 5.41 Å². The lowest BCUT2D eigenvalue weighted by Gasteiger charge is -2.22. The summed E-state index contributed by atoms with van der Waals surface area (Å²) in [5, 5.41) is 7.24. The summed E-state index contributed by atoms with van der Waals surface area (Å²) in [5.74, 6) is 0.821. The molecule has 0 saturated heterocycles. The number of fused-ring (bicyclic) bond motifs is 9. The van der Waals surface area contributed by atoms with Gasteiger partial charge < -0.3 is 0 Å². The molecule has 3 heteroatoms. The normalized spacial score (nSPS) is 13.1. The van der Waals surface area contributed by atoms with E-state index in [0.717, 1.165) is 55.8 Å². The van der Waals surface area contributed by atoms with Crippen molar-refractivity contribution in [2.24, 2.45) is 0 Å². The molecule has 2 aromatic heterocycles. The van der Waals surface area contributed by atoms with Crippen LogP contribution in [-0.2, 0) is 5.41 Å². The Labute approximate surface area is 336 Å². The molecule has 0 radical (unpaired) electrons. The van der Waals surface area contributed by atoms with Gasteiger partial charge >= 0.3 is 0 Å². The highest BCUT2D eigenvalue weighted by Crippen LogP contribution is 2.52. The molecule has 0 spiro atoms. The van der Waals surface area contributed by atoms with E-state index in [1.165, 1.54) is 60.1 Å². The van der Waals surface area contributed by atoms with Gasteiger partial charge in [0.15, 0.2) is 5.82 Å². The summed E-state index contributed by atoms with van der Waals surface area (Å²) in [4.78, 5) is 11.4. The molecule has 1 aliphatic rings. The summed E-state index contributed by atoms with van der Waals surface area (Å²) in [6, 6.07) is 68.3. The molecule has 0 aliphatic heterocycles. The molecular weight excluding hydrogens is 703 g/mol. The number of nitrogens with zero attached hydrogens (tertiary/aromatic N) is 3. The van der Waals surface area contributed by atoms with Crippen LogP contribution in [0.15, 0.2) is 188 Å². The van der Waals surface area contributed by atoms with Crippen molar-refractivity contribution in [3.8, 4) is 50.5 Å². The minimum absolute atomic E-state index is 0.159. The zero-order chi connectivity index (χ0) is 38.5. The maximum atomic E-state index is 5.69. The van der Waals surface area contributed by atoms with Gasteiger partial charge in [-0.2, -0.15) is 0 Å². The predicted octanol–water partition coefficient (Wildman–Crippen LogP) is 14.3. The van der Waals surface area contributed by atoms with Crippen molar-refractivity contribution in [3.05, 3.63) is 199 Å². The number of rotatable bonds is 4. The molecule has 3 nitrogen and oxygen atoms in total. The molecule has 11 aromatic rings. The standard InChI is InChI=1S/C55H37N3/c1-55(2)46-21-11-10-19-43(46)52-44(20-12-22-47(52)55)53-54(57-48-28-26-40(31-49(48)56-53)34-13-4-3-5-14-34)58-50-33-41(39-24-23-35-15-6-7-16-36(35)29-39)25-27-42(50)45-30-37-17-8-9-18-38(37)32-51(45)58/h3-33H,1-2H3. The average molecular weight is 740 g/mol. The van der Waals surface area contributed by atoms with E-state index in [1.54, 1.807) is 0 Å². The average Bonchev–Trinajstić information content (AvgIpc) is 3.71. The van der Waals surface area contributed by atoms with Gasteiger partial charge in [-0.15, -0.1) is 0 Å². The lowest BCUT2D eigenvalue weighted by Crippen LogP contribution is -2.14. The molecular formula is C55H37N3. The van der Waals surface area contributed by atoms with Gasteiger partial charge in [0.25, 0.3) is 0 Å². The van der Waals surface area contributed by atoms with Gasteiger partial charge in [-0.05, 0) is 102 Å². The zero-order valence-corrected chi connectivity index (χ0v) is 32.2. The third kappa shape index (κ3) is 4.86. The van der Waals surface area contributed by atoms with Crippen LogP contribution >= 0.6 is 0 Å². The van der Waals surface area contributed by atoms with E-state index in [9.17, 15) is 0 Å². The Morgan fingerprint density at radius 3 is 1.86 bits per heavy atom. The highest BCUT2D eigenvalue weighted by molar-refractivity contribution is 6.15.